The molecule has 3 atom stereocenters. The Labute approximate surface area is 118 Å². The summed E-state index contributed by atoms with van der Waals surface area (Å²) in [6.45, 7) is 0. The molecule has 20 heavy (non-hydrogen) atoms. The zero-order valence-corrected chi connectivity index (χ0v) is 11.2. The predicted octanol–water partition coefficient (Wildman–Crippen LogP) is 2.46. The smallest absolute Gasteiger partial charge is 0.455 e. The van der Waals surface area contributed by atoms with Crippen LogP contribution in [-0.4, -0.2) is 17.2 Å². The summed E-state index contributed by atoms with van der Waals surface area (Å²) in [7, 11) is -1.29. The first-order valence-electron chi connectivity index (χ1n) is 7.28. The van der Waals surface area contributed by atoms with Gasteiger partial charge in [0.2, 0.25) is 0 Å². The molecular formula is C16H17BO3. The number of fused-ring (bicyclic) bond motifs is 5. The minimum Gasteiger partial charge on any atom is -0.464 e. The molecule has 0 amide bonds. The van der Waals surface area contributed by atoms with Gasteiger partial charge in [-0.15, -0.1) is 0 Å². The van der Waals surface area contributed by atoms with E-state index in [1.54, 1.807) is 0 Å². The van der Waals surface area contributed by atoms with Crippen LogP contribution in [0.5, 0.6) is 0 Å². The van der Waals surface area contributed by atoms with Crippen molar-refractivity contribution >= 4 is 13.2 Å². The van der Waals surface area contributed by atoms with E-state index < -0.39 is 7.12 Å². The highest BCUT2D eigenvalue weighted by Gasteiger charge is 2.43. The Hall–Kier alpha value is -1.52. The fraction of sp³-hybridized carbons (Fsp3) is 0.375. The van der Waals surface area contributed by atoms with E-state index in [1.165, 1.54) is 11.1 Å². The quantitative estimate of drug-likeness (QED) is 0.769. The number of furan rings is 1. The molecule has 0 aliphatic heterocycles. The van der Waals surface area contributed by atoms with Gasteiger partial charge in [-0.2, -0.15) is 0 Å². The summed E-state index contributed by atoms with van der Waals surface area (Å²) in [4.78, 5) is 0. The van der Waals surface area contributed by atoms with E-state index in [2.05, 4.69) is 24.3 Å². The first-order valence-corrected chi connectivity index (χ1v) is 7.28. The SMILES string of the molecule is OB(O)C1Cc2c(oc3c2C=CCC3)C2C=CC=CC12. The largest absolute Gasteiger partial charge is 0.464 e. The first kappa shape index (κ1) is 12.2. The molecule has 3 aliphatic carbocycles. The molecule has 0 aromatic carbocycles. The highest BCUT2D eigenvalue weighted by molar-refractivity contribution is 6.43. The lowest BCUT2D eigenvalue weighted by atomic mass is 9.55. The monoisotopic (exact) mass is 268 g/mol. The van der Waals surface area contributed by atoms with Gasteiger partial charge in [0.05, 0.1) is 0 Å². The zero-order chi connectivity index (χ0) is 13.7. The zero-order valence-electron chi connectivity index (χ0n) is 11.2. The summed E-state index contributed by atoms with van der Waals surface area (Å²) in [5.41, 5.74) is 2.36. The van der Waals surface area contributed by atoms with Crippen molar-refractivity contribution in [3.63, 3.8) is 0 Å². The molecule has 0 saturated carbocycles. The van der Waals surface area contributed by atoms with Crippen molar-refractivity contribution < 1.29 is 14.5 Å². The Morgan fingerprint density at radius 2 is 2.05 bits per heavy atom. The number of allylic oxidation sites excluding steroid dienone is 5. The van der Waals surface area contributed by atoms with Gasteiger partial charge in [-0.25, -0.2) is 0 Å². The van der Waals surface area contributed by atoms with Crippen LogP contribution in [0.2, 0.25) is 5.82 Å². The molecule has 0 bridgehead atoms. The lowest BCUT2D eigenvalue weighted by Gasteiger charge is -2.35. The molecule has 3 aliphatic rings. The van der Waals surface area contributed by atoms with Gasteiger partial charge in [0, 0.05) is 29.3 Å². The summed E-state index contributed by atoms with van der Waals surface area (Å²) >= 11 is 0. The van der Waals surface area contributed by atoms with Crippen LogP contribution in [0, 0.1) is 5.92 Å². The molecule has 0 radical (unpaired) electrons. The van der Waals surface area contributed by atoms with E-state index in [0.29, 0.717) is 6.42 Å². The average molecular weight is 268 g/mol. The molecule has 0 fully saturated rings. The third-order valence-corrected chi connectivity index (χ3v) is 4.78. The second-order valence-electron chi connectivity index (χ2n) is 5.88. The van der Waals surface area contributed by atoms with E-state index in [9.17, 15) is 10.0 Å². The van der Waals surface area contributed by atoms with Crippen molar-refractivity contribution in [2.24, 2.45) is 5.92 Å². The number of hydrogen-bond donors (Lipinski definition) is 2. The van der Waals surface area contributed by atoms with Gasteiger partial charge in [0.15, 0.2) is 0 Å². The van der Waals surface area contributed by atoms with Gasteiger partial charge in [0.1, 0.15) is 11.5 Å². The first-order chi connectivity index (χ1) is 9.75. The minimum atomic E-state index is -1.29. The normalized spacial score (nSPS) is 29.8. The summed E-state index contributed by atoms with van der Waals surface area (Å²) < 4.78 is 6.13. The van der Waals surface area contributed by atoms with Crippen LogP contribution in [0.25, 0.3) is 6.08 Å². The van der Waals surface area contributed by atoms with Crippen molar-refractivity contribution in [1.82, 2.24) is 0 Å². The average Bonchev–Trinajstić information content (AvgIpc) is 2.85. The molecule has 1 heterocycles. The van der Waals surface area contributed by atoms with Gasteiger partial charge >= 0.3 is 7.12 Å². The molecule has 0 saturated heterocycles. The Balaban J connectivity index is 1.86. The van der Waals surface area contributed by atoms with E-state index >= 15 is 0 Å². The van der Waals surface area contributed by atoms with Crippen molar-refractivity contribution in [2.45, 2.75) is 31.0 Å². The molecule has 102 valence electrons. The predicted molar refractivity (Wildman–Crippen MR) is 78.2 cm³/mol. The molecule has 3 unspecified atom stereocenters. The van der Waals surface area contributed by atoms with Crippen molar-refractivity contribution in [3.8, 4) is 0 Å². The molecule has 1 aromatic heterocycles. The van der Waals surface area contributed by atoms with Gasteiger partial charge in [-0.3, -0.25) is 0 Å². The van der Waals surface area contributed by atoms with E-state index in [4.69, 9.17) is 4.42 Å². The molecule has 2 N–H and O–H groups in total. The maximum Gasteiger partial charge on any atom is 0.455 e. The lowest BCUT2D eigenvalue weighted by Crippen LogP contribution is -2.34. The molecule has 0 spiro atoms. The lowest BCUT2D eigenvalue weighted by molar-refractivity contribution is 0.322. The topological polar surface area (TPSA) is 53.6 Å². The number of aryl methyl sites for hydroxylation is 1. The molecule has 4 rings (SSSR count). The third kappa shape index (κ3) is 1.68. The fourth-order valence-corrected chi connectivity index (χ4v) is 3.80. The van der Waals surface area contributed by atoms with Gasteiger partial charge in [-0.05, 0) is 18.8 Å². The maximum absolute atomic E-state index is 9.73. The van der Waals surface area contributed by atoms with E-state index in [-0.39, 0.29) is 17.7 Å². The Morgan fingerprint density at radius 1 is 1.20 bits per heavy atom. The van der Waals surface area contributed by atoms with Crippen LogP contribution in [0.4, 0.5) is 0 Å². The molecule has 3 nitrogen and oxygen atoms in total. The molecular weight excluding hydrogens is 251 g/mol. The van der Waals surface area contributed by atoms with Crippen LogP contribution in [0.3, 0.4) is 0 Å². The summed E-state index contributed by atoms with van der Waals surface area (Å²) in [5, 5.41) is 19.5. The third-order valence-electron chi connectivity index (χ3n) is 4.78. The minimum absolute atomic E-state index is 0.115. The van der Waals surface area contributed by atoms with Crippen LogP contribution >= 0.6 is 0 Å². The summed E-state index contributed by atoms with van der Waals surface area (Å²) in [6, 6.07) is 0. The molecule has 1 aromatic rings. The Morgan fingerprint density at radius 3 is 2.90 bits per heavy atom. The van der Waals surface area contributed by atoms with Gasteiger partial charge in [-0.1, -0.05) is 36.5 Å². The Kier molecular flexibility index (Phi) is 2.76. The van der Waals surface area contributed by atoms with Crippen molar-refractivity contribution in [2.75, 3.05) is 0 Å². The highest BCUT2D eigenvalue weighted by atomic mass is 16.4. The number of rotatable bonds is 1. The maximum atomic E-state index is 9.73. The second kappa shape index (κ2) is 4.50. The summed E-state index contributed by atoms with van der Waals surface area (Å²) in [6.07, 6.45) is 15.2. The van der Waals surface area contributed by atoms with Gasteiger partial charge < -0.3 is 14.5 Å². The van der Waals surface area contributed by atoms with Crippen LogP contribution in [-0.2, 0) is 12.8 Å². The van der Waals surface area contributed by atoms with E-state index in [1.807, 2.05) is 12.2 Å². The fourth-order valence-electron chi connectivity index (χ4n) is 3.80. The highest BCUT2D eigenvalue weighted by Crippen LogP contribution is 2.49. The standard InChI is InChI=1S/C16H17BO3/c18-17(19)14-9-13-11-6-3-4-8-15(11)20-16(13)12-7-2-1-5-10(12)14/h1-3,5-7,10,12,14,18-19H,4,8-9H2. The van der Waals surface area contributed by atoms with Crippen LogP contribution in [0.15, 0.2) is 34.8 Å². The van der Waals surface area contributed by atoms with E-state index in [0.717, 1.165) is 24.4 Å². The molecule has 4 heteroatoms. The van der Waals surface area contributed by atoms with Crippen LogP contribution < -0.4 is 0 Å². The number of hydrogen-bond acceptors (Lipinski definition) is 3. The van der Waals surface area contributed by atoms with Gasteiger partial charge in [0.25, 0.3) is 0 Å². The summed E-state index contributed by atoms with van der Waals surface area (Å²) in [5.74, 6) is 2.18. The van der Waals surface area contributed by atoms with Crippen LogP contribution in [0.1, 0.15) is 35.0 Å². The van der Waals surface area contributed by atoms with Crippen molar-refractivity contribution in [3.05, 3.63) is 53.0 Å². The second-order valence-corrected chi connectivity index (χ2v) is 5.88. The Bertz CT molecular complexity index is 624. The van der Waals surface area contributed by atoms with Crippen molar-refractivity contribution in [1.29, 1.82) is 0 Å².